The molecule has 1 fully saturated rings. The van der Waals surface area contributed by atoms with Gasteiger partial charge >= 0.3 is 6.18 Å². The van der Waals surface area contributed by atoms with Crippen molar-refractivity contribution in [3.63, 3.8) is 0 Å². The van der Waals surface area contributed by atoms with Gasteiger partial charge in [0.05, 0.1) is 11.2 Å². The van der Waals surface area contributed by atoms with E-state index in [4.69, 9.17) is 14.2 Å². The standard InChI is InChI=1S/C24H28F3NO3/c1-22(2)15-23(9-11-31-22,18-4-3-5-19(13-18)24(25,26)27)8-10-28-14-17-6-7-20-21(12-17)30-16-29-20/h3-7,12-13,28H,8-11,14-16H2,1-2H3/t23-/m0/s1. The summed E-state index contributed by atoms with van der Waals surface area (Å²) >= 11 is 0. The molecular weight excluding hydrogens is 407 g/mol. The third-order valence-electron chi connectivity index (χ3n) is 6.19. The zero-order valence-electron chi connectivity index (χ0n) is 17.8. The molecule has 0 amide bonds. The van der Waals surface area contributed by atoms with E-state index in [9.17, 15) is 13.2 Å². The van der Waals surface area contributed by atoms with E-state index in [-0.39, 0.29) is 17.8 Å². The molecule has 4 rings (SSSR count). The van der Waals surface area contributed by atoms with Crippen LogP contribution in [0, 0.1) is 0 Å². The van der Waals surface area contributed by atoms with Crippen LogP contribution in [0.15, 0.2) is 42.5 Å². The Labute approximate surface area is 180 Å². The van der Waals surface area contributed by atoms with Crippen LogP contribution >= 0.6 is 0 Å². The van der Waals surface area contributed by atoms with Crippen LogP contribution in [0.4, 0.5) is 13.2 Å². The van der Waals surface area contributed by atoms with E-state index in [0.717, 1.165) is 35.1 Å². The molecule has 168 valence electrons. The van der Waals surface area contributed by atoms with Crippen molar-refractivity contribution >= 4 is 0 Å². The number of halogens is 3. The second-order valence-corrected chi connectivity index (χ2v) is 9.01. The maximum absolute atomic E-state index is 13.3. The molecule has 2 aromatic rings. The van der Waals surface area contributed by atoms with E-state index in [2.05, 4.69) is 5.32 Å². The first-order chi connectivity index (χ1) is 14.7. The van der Waals surface area contributed by atoms with Crippen molar-refractivity contribution in [1.82, 2.24) is 5.32 Å². The third-order valence-corrected chi connectivity index (χ3v) is 6.19. The van der Waals surface area contributed by atoms with Crippen molar-refractivity contribution in [2.45, 2.75) is 56.8 Å². The van der Waals surface area contributed by atoms with Gasteiger partial charge in [0.1, 0.15) is 0 Å². The first-order valence-corrected chi connectivity index (χ1v) is 10.6. The van der Waals surface area contributed by atoms with Crippen molar-refractivity contribution in [3.05, 3.63) is 59.2 Å². The maximum Gasteiger partial charge on any atom is 0.416 e. The summed E-state index contributed by atoms with van der Waals surface area (Å²) in [6, 6.07) is 11.6. The fourth-order valence-electron chi connectivity index (χ4n) is 4.72. The smallest absolute Gasteiger partial charge is 0.416 e. The highest BCUT2D eigenvalue weighted by Crippen LogP contribution is 2.45. The van der Waals surface area contributed by atoms with Crippen LogP contribution in [0.25, 0.3) is 0 Å². The van der Waals surface area contributed by atoms with Gasteiger partial charge in [0.2, 0.25) is 6.79 Å². The minimum absolute atomic E-state index is 0.240. The van der Waals surface area contributed by atoms with E-state index in [1.165, 1.54) is 12.1 Å². The molecule has 1 saturated heterocycles. The molecule has 0 aromatic heterocycles. The zero-order chi connectivity index (χ0) is 22.1. The normalized spacial score (nSPS) is 22.5. The lowest BCUT2D eigenvalue weighted by atomic mass is 9.67. The molecule has 0 radical (unpaired) electrons. The summed E-state index contributed by atoms with van der Waals surface area (Å²) < 4.78 is 56.7. The third kappa shape index (κ3) is 4.99. The summed E-state index contributed by atoms with van der Waals surface area (Å²) in [6.07, 6.45) is -2.25. The number of nitrogens with one attached hydrogen (secondary N) is 1. The van der Waals surface area contributed by atoms with Gasteiger partial charge in [-0.05, 0) is 69.0 Å². The molecular formula is C24H28F3NO3. The highest BCUT2D eigenvalue weighted by atomic mass is 19.4. The van der Waals surface area contributed by atoms with Crippen LogP contribution in [0.1, 0.15) is 49.8 Å². The predicted molar refractivity (Wildman–Crippen MR) is 111 cm³/mol. The van der Waals surface area contributed by atoms with E-state index < -0.39 is 11.7 Å². The molecule has 2 aromatic carbocycles. The van der Waals surface area contributed by atoms with Crippen LogP contribution in [-0.4, -0.2) is 25.5 Å². The van der Waals surface area contributed by atoms with E-state index in [1.54, 1.807) is 0 Å². The Bertz CT molecular complexity index is 929. The van der Waals surface area contributed by atoms with Gasteiger partial charge in [-0.3, -0.25) is 0 Å². The first-order valence-electron chi connectivity index (χ1n) is 10.6. The van der Waals surface area contributed by atoms with Gasteiger partial charge in [0.15, 0.2) is 11.5 Å². The molecule has 2 aliphatic rings. The van der Waals surface area contributed by atoms with Crippen LogP contribution in [0.3, 0.4) is 0 Å². The van der Waals surface area contributed by atoms with Crippen molar-refractivity contribution < 1.29 is 27.4 Å². The first kappa shape index (κ1) is 22.0. The van der Waals surface area contributed by atoms with Gasteiger partial charge in [-0.25, -0.2) is 0 Å². The molecule has 31 heavy (non-hydrogen) atoms. The SMILES string of the molecule is CC1(C)C[C@@](CCNCc2ccc3c(c2)OCO3)(c2cccc(C(F)(F)F)c2)CCO1. The van der Waals surface area contributed by atoms with Gasteiger partial charge in [0.25, 0.3) is 0 Å². The number of fused-ring (bicyclic) bond motifs is 1. The molecule has 0 bridgehead atoms. The minimum Gasteiger partial charge on any atom is -0.454 e. The summed E-state index contributed by atoms with van der Waals surface area (Å²) in [5.41, 5.74) is 0.463. The van der Waals surface area contributed by atoms with Crippen LogP contribution < -0.4 is 14.8 Å². The van der Waals surface area contributed by atoms with Crippen LogP contribution in [0.2, 0.25) is 0 Å². The van der Waals surface area contributed by atoms with Crippen molar-refractivity contribution in [1.29, 1.82) is 0 Å². The molecule has 2 aliphatic heterocycles. The van der Waals surface area contributed by atoms with Crippen molar-refractivity contribution in [2.24, 2.45) is 0 Å². The summed E-state index contributed by atoms with van der Waals surface area (Å²) in [5.74, 6) is 1.49. The number of ether oxygens (including phenoxy) is 3. The van der Waals surface area contributed by atoms with Gasteiger partial charge in [-0.2, -0.15) is 13.2 Å². The lowest BCUT2D eigenvalue weighted by Gasteiger charge is -2.46. The number of hydrogen-bond acceptors (Lipinski definition) is 4. The molecule has 1 N–H and O–H groups in total. The number of alkyl halides is 3. The van der Waals surface area contributed by atoms with Crippen LogP contribution in [0.5, 0.6) is 11.5 Å². The highest BCUT2D eigenvalue weighted by molar-refractivity contribution is 5.44. The second-order valence-electron chi connectivity index (χ2n) is 9.01. The molecule has 2 heterocycles. The minimum atomic E-state index is -4.35. The molecule has 0 unspecified atom stereocenters. The maximum atomic E-state index is 13.3. The molecule has 1 atom stereocenters. The highest BCUT2D eigenvalue weighted by Gasteiger charge is 2.42. The average Bonchev–Trinajstić information content (AvgIpc) is 3.18. The summed E-state index contributed by atoms with van der Waals surface area (Å²) in [4.78, 5) is 0. The molecule has 0 aliphatic carbocycles. The van der Waals surface area contributed by atoms with Crippen molar-refractivity contribution in [3.8, 4) is 11.5 Å². The second kappa shape index (κ2) is 8.36. The monoisotopic (exact) mass is 435 g/mol. The number of benzene rings is 2. The van der Waals surface area contributed by atoms with E-state index in [1.807, 2.05) is 38.1 Å². The summed E-state index contributed by atoms with van der Waals surface area (Å²) in [7, 11) is 0. The Hall–Kier alpha value is -2.25. The largest absolute Gasteiger partial charge is 0.454 e. The van der Waals surface area contributed by atoms with Crippen LogP contribution in [-0.2, 0) is 22.9 Å². The van der Waals surface area contributed by atoms with E-state index >= 15 is 0 Å². The Balaban J connectivity index is 1.48. The quantitative estimate of drug-likeness (QED) is 0.614. The Morgan fingerprint density at radius 1 is 1.03 bits per heavy atom. The molecule has 0 saturated carbocycles. The van der Waals surface area contributed by atoms with E-state index in [0.29, 0.717) is 32.5 Å². The number of hydrogen-bond donors (Lipinski definition) is 1. The average molecular weight is 435 g/mol. The topological polar surface area (TPSA) is 39.7 Å². The van der Waals surface area contributed by atoms with Gasteiger partial charge < -0.3 is 19.5 Å². The fourth-order valence-corrected chi connectivity index (χ4v) is 4.72. The molecule has 7 heteroatoms. The Morgan fingerprint density at radius 3 is 2.61 bits per heavy atom. The van der Waals surface area contributed by atoms with Gasteiger partial charge in [0, 0.05) is 18.6 Å². The zero-order valence-corrected chi connectivity index (χ0v) is 17.8. The molecule has 4 nitrogen and oxygen atoms in total. The summed E-state index contributed by atoms with van der Waals surface area (Å²) in [6.45, 7) is 6.12. The van der Waals surface area contributed by atoms with Gasteiger partial charge in [-0.15, -0.1) is 0 Å². The van der Waals surface area contributed by atoms with Crippen molar-refractivity contribution in [2.75, 3.05) is 19.9 Å². The Kier molecular flexibility index (Phi) is 5.92. The lowest BCUT2D eigenvalue weighted by Crippen LogP contribution is -2.45. The number of rotatable bonds is 6. The molecule has 0 spiro atoms. The lowest BCUT2D eigenvalue weighted by molar-refractivity contribution is -0.137. The van der Waals surface area contributed by atoms with Gasteiger partial charge in [-0.1, -0.05) is 24.3 Å². The summed E-state index contributed by atoms with van der Waals surface area (Å²) in [5, 5.41) is 3.45. The predicted octanol–water partition coefficient (Wildman–Crippen LogP) is 5.44. The Morgan fingerprint density at radius 2 is 1.84 bits per heavy atom. The fraction of sp³-hybridized carbons (Fsp3) is 0.500.